The van der Waals surface area contributed by atoms with E-state index in [1.165, 1.54) is 23.3 Å². The molecule has 0 radical (unpaired) electrons. The van der Waals surface area contributed by atoms with Gasteiger partial charge >= 0.3 is 11.9 Å². The first-order valence-electron chi connectivity index (χ1n) is 6.82. The zero-order valence-corrected chi connectivity index (χ0v) is 12.6. The first-order chi connectivity index (χ1) is 11.1. The van der Waals surface area contributed by atoms with Crippen molar-refractivity contribution in [2.45, 2.75) is 12.5 Å². The summed E-state index contributed by atoms with van der Waals surface area (Å²) in [4.78, 5) is 26.7. The van der Waals surface area contributed by atoms with Gasteiger partial charge in [0.2, 0.25) is 0 Å². The van der Waals surface area contributed by atoms with Crippen LogP contribution < -0.4 is 0 Å². The van der Waals surface area contributed by atoms with Crippen LogP contribution in [0.3, 0.4) is 0 Å². The van der Waals surface area contributed by atoms with Crippen molar-refractivity contribution in [3.8, 4) is 11.4 Å². The first-order valence-corrected chi connectivity index (χ1v) is 7.19. The van der Waals surface area contributed by atoms with E-state index in [2.05, 4.69) is 10.1 Å². The molecule has 0 N–H and O–H groups in total. The Kier molecular flexibility index (Phi) is 4.38. The van der Waals surface area contributed by atoms with E-state index >= 15 is 0 Å². The smallest absolute Gasteiger partial charge is 0.332 e. The zero-order chi connectivity index (χ0) is 16.2. The highest BCUT2D eigenvalue weighted by molar-refractivity contribution is 6.30. The van der Waals surface area contributed by atoms with Gasteiger partial charge in [0.15, 0.2) is 5.82 Å². The summed E-state index contributed by atoms with van der Waals surface area (Å²) in [5.74, 6) is -0.456. The number of nitrogens with zero attached hydrogens (tertiary/aromatic N) is 3. The summed E-state index contributed by atoms with van der Waals surface area (Å²) in [5.41, 5.74) is 0.772. The molecule has 1 saturated heterocycles. The van der Waals surface area contributed by atoms with Crippen LogP contribution in [0.25, 0.3) is 17.6 Å². The molecule has 0 saturated carbocycles. The Bertz CT molecular complexity index is 772. The van der Waals surface area contributed by atoms with E-state index in [4.69, 9.17) is 21.1 Å². The van der Waals surface area contributed by atoms with Gasteiger partial charge in [-0.05, 0) is 12.1 Å². The van der Waals surface area contributed by atoms with Crippen molar-refractivity contribution in [1.82, 2.24) is 14.8 Å². The van der Waals surface area contributed by atoms with Gasteiger partial charge < -0.3 is 9.47 Å². The Balaban J connectivity index is 1.62. The van der Waals surface area contributed by atoms with Crippen molar-refractivity contribution in [2.24, 2.45) is 0 Å². The number of carbonyl (C=O) groups excluding carboxylic acids is 2. The molecular formula is C15H12ClN3O4. The van der Waals surface area contributed by atoms with E-state index in [0.717, 1.165) is 5.56 Å². The van der Waals surface area contributed by atoms with Gasteiger partial charge in [0.1, 0.15) is 19.0 Å². The van der Waals surface area contributed by atoms with Crippen LogP contribution in [0.4, 0.5) is 0 Å². The van der Waals surface area contributed by atoms with E-state index in [-0.39, 0.29) is 19.0 Å². The van der Waals surface area contributed by atoms with E-state index in [9.17, 15) is 9.59 Å². The topological polar surface area (TPSA) is 83.3 Å². The van der Waals surface area contributed by atoms with Crippen LogP contribution in [0.5, 0.6) is 0 Å². The molecule has 1 aromatic carbocycles. The maximum Gasteiger partial charge on any atom is 0.332 e. The number of benzene rings is 1. The van der Waals surface area contributed by atoms with Crippen LogP contribution in [0, 0.1) is 0 Å². The number of aromatic nitrogens is 3. The number of hydrogen-bond acceptors (Lipinski definition) is 6. The van der Waals surface area contributed by atoms with Crippen molar-refractivity contribution >= 4 is 29.7 Å². The number of rotatable bonds is 4. The van der Waals surface area contributed by atoms with Crippen LogP contribution in [0.1, 0.15) is 6.42 Å². The minimum absolute atomic E-state index is 0.0851. The molecule has 0 amide bonds. The molecular weight excluding hydrogens is 322 g/mol. The van der Waals surface area contributed by atoms with Gasteiger partial charge in [-0.25, -0.2) is 14.5 Å². The Morgan fingerprint density at radius 1 is 1.48 bits per heavy atom. The second kappa shape index (κ2) is 6.62. The number of ether oxygens (including phenoxy) is 2. The molecule has 0 spiro atoms. The average Bonchev–Trinajstić information content (AvgIpc) is 3.14. The Morgan fingerprint density at radius 2 is 2.35 bits per heavy atom. The lowest BCUT2D eigenvalue weighted by atomic mass is 10.2. The predicted molar refractivity (Wildman–Crippen MR) is 81.3 cm³/mol. The molecule has 2 heterocycles. The minimum atomic E-state index is -0.576. The minimum Gasteiger partial charge on any atom is -0.462 e. The third kappa shape index (κ3) is 3.95. The molecule has 1 fully saturated rings. The monoisotopic (exact) mass is 333 g/mol. The third-order valence-corrected chi connectivity index (χ3v) is 3.30. The fourth-order valence-corrected chi connectivity index (χ4v) is 2.20. The molecule has 1 aliphatic heterocycles. The SMILES string of the molecule is O=C(C=Cn1cnc(-c2cccc(Cl)c2)n1)OC1COC(=O)C1. The Labute approximate surface area is 136 Å². The summed E-state index contributed by atoms with van der Waals surface area (Å²) < 4.78 is 11.2. The summed E-state index contributed by atoms with van der Waals surface area (Å²) in [6, 6.07) is 7.14. The van der Waals surface area contributed by atoms with E-state index < -0.39 is 12.1 Å². The summed E-state index contributed by atoms with van der Waals surface area (Å²) in [7, 11) is 0. The number of esters is 2. The molecule has 1 aliphatic rings. The zero-order valence-electron chi connectivity index (χ0n) is 11.9. The lowest BCUT2D eigenvalue weighted by Crippen LogP contribution is -2.16. The van der Waals surface area contributed by atoms with Gasteiger partial charge in [-0.2, -0.15) is 0 Å². The van der Waals surface area contributed by atoms with Gasteiger partial charge in [-0.1, -0.05) is 23.7 Å². The molecule has 0 bridgehead atoms. The molecule has 23 heavy (non-hydrogen) atoms. The quantitative estimate of drug-likeness (QED) is 0.628. The third-order valence-electron chi connectivity index (χ3n) is 3.06. The highest BCUT2D eigenvalue weighted by Gasteiger charge is 2.26. The summed E-state index contributed by atoms with van der Waals surface area (Å²) >= 11 is 5.92. The standard InChI is InChI=1S/C15H12ClN3O4/c16-11-3-1-2-10(6-11)15-17-9-19(18-15)5-4-13(20)23-12-7-14(21)22-8-12/h1-6,9,12H,7-8H2. The van der Waals surface area contributed by atoms with Gasteiger partial charge in [0.05, 0.1) is 6.42 Å². The van der Waals surface area contributed by atoms with Crippen LogP contribution in [0.15, 0.2) is 36.7 Å². The first kappa shape index (κ1) is 15.2. The molecule has 7 nitrogen and oxygen atoms in total. The average molecular weight is 334 g/mol. The van der Waals surface area contributed by atoms with E-state index in [1.54, 1.807) is 18.2 Å². The predicted octanol–water partition coefficient (Wildman–Crippen LogP) is 1.93. The fraction of sp³-hybridized carbons (Fsp3) is 0.200. The Morgan fingerprint density at radius 3 is 3.09 bits per heavy atom. The van der Waals surface area contributed by atoms with Crippen LogP contribution in [-0.2, 0) is 19.1 Å². The van der Waals surface area contributed by atoms with E-state index in [1.807, 2.05) is 6.07 Å². The number of carbonyl (C=O) groups is 2. The number of halogens is 1. The van der Waals surface area contributed by atoms with Crippen molar-refractivity contribution in [3.63, 3.8) is 0 Å². The molecule has 1 unspecified atom stereocenters. The second-order valence-electron chi connectivity index (χ2n) is 4.82. The highest BCUT2D eigenvalue weighted by Crippen LogP contribution is 2.18. The lowest BCUT2D eigenvalue weighted by molar-refractivity contribution is -0.143. The van der Waals surface area contributed by atoms with Crippen LogP contribution >= 0.6 is 11.6 Å². The van der Waals surface area contributed by atoms with Crippen LogP contribution in [0.2, 0.25) is 5.02 Å². The maximum atomic E-state index is 11.6. The molecule has 1 aromatic heterocycles. The highest BCUT2D eigenvalue weighted by atomic mass is 35.5. The van der Waals surface area contributed by atoms with Crippen molar-refractivity contribution in [3.05, 3.63) is 41.7 Å². The number of cyclic esters (lactones) is 1. The number of hydrogen-bond donors (Lipinski definition) is 0. The summed E-state index contributed by atoms with van der Waals surface area (Å²) in [5, 5.41) is 4.80. The molecule has 118 valence electrons. The summed E-state index contributed by atoms with van der Waals surface area (Å²) in [6.07, 6.45) is 3.64. The van der Waals surface area contributed by atoms with Crippen molar-refractivity contribution in [2.75, 3.05) is 6.61 Å². The Hall–Kier alpha value is -2.67. The molecule has 8 heteroatoms. The van der Waals surface area contributed by atoms with Gasteiger partial charge in [0, 0.05) is 22.9 Å². The van der Waals surface area contributed by atoms with Gasteiger partial charge in [0.25, 0.3) is 0 Å². The largest absolute Gasteiger partial charge is 0.462 e. The fourth-order valence-electron chi connectivity index (χ4n) is 2.01. The second-order valence-corrected chi connectivity index (χ2v) is 5.26. The van der Waals surface area contributed by atoms with Crippen molar-refractivity contribution < 1.29 is 19.1 Å². The van der Waals surface area contributed by atoms with E-state index in [0.29, 0.717) is 10.8 Å². The normalized spacial score (nSPS) is 17.4. The molecule has 0 aliphatic carbocycles. The summed E-state index contributed by atoms with van der Waals surface area (Å²) in [6.45, 7) is 0.0979. The van der Waals surface area contributed by atoms with Gasteiger partial charge in [-0.15, -0.1) is 5.10 Å². The van der Waals surface area contributed by atoms with Crippen LogP contribution in [-0.4, -0.2) is 39.4 Å². The van der Waals surface area contributed by atoms with Crippen molar-refractivity contribution in [1.29, 1.82) is 0 Å². The lowest BCUT2D eigenvalue weighted by Gasteiger charge is -2.05. The molecule has 1 atom stereocenters. The maximum absolute atomic E-state index is 11.6. The van der Waals surface area contributed by atoms with Gasteiger partial charge in [-0.3, -0.25) is 4.79 Å². The molecule has 2 aromatic rings. The molecule has 3 rings (SSSR count).